The molecule has 0 aromatic rings. The van der Waals surface area contributed by atoms with Crippen molar-refractivity contribution in [1.82, 2.24) is 0 Å². The normalized spacial score (nSPS) is 42.0. The van der Waals surface area contributed by atoms with E-state index in [-0.39, 0.29) is 52.6 Å². The van der Waals surface area contributed by atoms with E-state index in [9.17, 15) is 9.59 Å². The summed E-state index contributed by atoms with van der Waals surface area (Å²) in [6, 6.07) is 0. The Labute approximate surface area is 383 Å². The van der Waals surface area contributed by atoms with Crippen LogP contribution in [0.3, 0.4) is 0 Å². The first-order valence-corrected chi connectivity index (χ1v) is 26.2. The highest BCUT2D eigenvalue weighted by Gasteiger charge is 2.69. The van der Waals surface area contributed by atoms with Crippen LogP contribution in [0, 0.1) is 74.4 Å². The highest BCUT2D eigenvalue weighted by Crippen LogP contribution is 2.69. The molecule has 10 rings (SSSR count). The van der Waals surface area contributed by atoms with Crippen molar-refractivity contribution < 1.29 is 38.0 Å². The Balaban J connectivity index is 1.05. The summed E-state index contributed by atoms with van der Waals surface area (Å²) in [6.45, 7) is 32.4. The Hall–Kier alpha value is -1.22. The van der Waals surface area contributed by atoms with E-state index in [0.717, 1.165) is 110 Å². The second kappa shape index (κ2) is 16.5. The first-order valence-electron chi connectivity index (χ1n) is 26.2. The summed E-state index contributed by atoms with van der Waals surface area (Å²) in [5, 5.41) is 0. The minimum atomic E-state index is -0.639. The fourth-order valence-electron chi connectivity index (χ4n) is 16.7. The molecule has 10 fully saturated rings. The summed E-state index contributed by atoms with van der Waals surface area (Å²) in [4.78, 5) is 29.2. The molecule has 2 aliphatic heterocycles. The molecule has 11 atom stereocenters. The SMILES string of the molecule is CC(C)C(C)(CC(C)(C)C)C(=O)OC12CC3CC(OC4CCCCO4)(C1)CC(OC1OCCCC1C1C4CC5CC1CC(C(C)(C)OC(=O)C(C)(CC(C)(C)C)C(C)C)(C5)C4)(C3)C2. The lowest BCUT2D eigenvalue weighted by molar-refractivity contribution is -0.354. The third-order valence-corrected chi connectivity index (χ3v) is 19.2. The molecule has 63 heavy (non-hydrogen) atoms. The molecular formula is C55H92O8. The summed E-state index contributed by atoms with van der Waals surface area (Å²) < 4.78 is 42.1. The Bertz CT molecular complexity index is 1670. The molecule has 8 saturated carbocycles. The van der Waals surface area contributed by atoms with Crippen LogP contribution in [0.4, 0.5) is 0 Å². The molecule has 0 radical (unpaired) electrons. The number of ether oxygens (including phenoxy) is 6. The van der Waals surface area contributed by atoms with Gasteiger partial charge in [-0.2, -0.15) is 0 Å². The van der Waals surface area contributed by atoms with Crippen LogP contribution in [0.2, 0.25) is 0 Å². The Morgan fingerprint density at radius 1 is 0.603 bits per heavy atom. The highest BCUT2D eigenvalue weighted by molar-refractivity contribution is 5.78. The van der Waals surface area contributed by atoms with E-state index >= 15 is 0 Å². The van der Waals surface area contributed by atoms with Gasteiger partial charge in [-0.1, -0.05) is 69.2 Å². The van der Waals surface area contributed by atoms with E-state index in [0.29, 0.717) is 41.9 Å². The van der Waals surface area contributed by atoms with Crippen molar-refractivity contribution in [3.05, 3.63) is 0 Å². The van der Waals surface area contributed by atoms with Crippen molar-refractivity contribution in [3.8, 4) is 0 Å². The molecule has 8 nitrogen and oxygen atoms in total. The zero-order chi connectivity index (χ0) is 45.8. The standard InChI is InChI=1S/C55H92O8/c1-35(2)50(13,30-47(5,6)7)45(56)62-49(11,12)52-24-37-22-39(28-52)43(40(23-37)29-52)41-18-17-21-59-44(41)61-54-26-38-25-53(32-54,60-42-19-15-16-20-58-42)33-55(27-38,34-54)63-46(57)51(14,36(3)4)31-48(8,9)10/h35-44H,15-34H2,1-14H3. The van der Waals surface area contributed by atoms with Crippen molar-refractivity contribution in [1.29, 1.82) is 0 Å². The molecule has 0 spiro atoms. The molecule has 11 unspecified atom stereocenters. The fraction of sp³-hybridized carbons (Fsp3) is 0.964. The van der Waals surface area contributed by atoms with Crippen LogP contribution < -0.4 is 0 Å². The predicted molar refractivity (Wildman–Crippen MR) is 247 cm³/mol. The highest BCUT2D eigenvalue weighted by atomic mass is 16.7. The summed E-state index contributed by atoms with van der Waals surface area (Å²) in [5.41, 5.74) is -3.27. The zero-order valence-corrected chi connectivity index (χ0v) is 42.7. The molecule has 8 aliphatic carbocycles. The van der Waals surface area contributed by atoms with E-state index in [2.05, 4.69) is 96.9 Å². The van der Waals surface area contributed by atoms with Crippen molar-refractivity contribution in [3.63, 3.8) is 0 Å². The number of carbonyl (C=O) groups excluding carboxylic acids is 2. The lowest BCUT2D eigenvalue weighted by Gasteiger charge is -2.67. The van der Waals surface area contributed by atoms with E-state index < -0.39 is 33.2 Å². The smallest absolute Gasteiger partial charge is 0.312 e. The van der Waals surface area contributed by atoms with Crippen LogP contribution in [0.25, 0.3) is 0 Å². The monoisotopic (exact) mass is 881 g/mol. The average Bonchev–Trinajstić information content (AvgIpc) is 3.12. The van der Waals surface area contributed by atoms with Crippen LogP contribution in [0.5, 0.6) is 0 Å². The van der Waals surface area contributed by atoms with Gasteiger partial charge in [0.15, 0.2) is 12.6 Å². The largest absolute Gasteiger partial charge is 0.459 e. The molecule has 8 heteroatoms. The Morgan fingerprint density at radius 2 is 1.14 bits per heavy atom. The second-order valence-corrected chi connectivity index (χ2v) is 27.9. The van der Waals surface area contributed by atoms with E-state index in [1.165, 1.54) is 12.8 Å². The van der Waals surface area contributed by atoms with Crippen LogP contribution in [0.15, 0.2) is 0 Å². The van der Waals surface area contributed by atoms with Gasteiger partial charge in [0, 0.05) is 43.8 Å². The van der Waals surface area contributed by atoms with Gasteiger partial charge in [0.25, 0.3) is 0 Å². The van der Waals surface area contributed by atoms with Crippen molar-refractivity contribution in [2.75, 3.05) is 13.2 Å². The molecule has 0 aromatic carbocycles. The second-order valence-electron chi connectivity index (χ2n) is 27.9. The minimum Gasteiger partial charge on any atom is -0.459 e. The van der Waals surface area contributed by atoms with Crippen molar-refractivity contribution >= 4 is 11.9 Å². The Kier molecular flexibility index (Phi) is 12.6. The van der Waals surface area contributed by atoms with Gasteiger partial charge in [0.05, 0.1) is 22.0 Å². The fourth-order valence-corrected chi connectivity index (χ4v) is 16.7. The van der Waals surface area contributed by atoms with Crippen LogP contribution >= 0.6 is 0 Å². The first kappa shape index (κ1) is 48.2. The van der Waals surface area contributed by atoms with Gasteiger partial charge < -0.3 is 28.4 Å². The predicted octanol–water partition coefficient (Wildman–Crippen LogP) is 13.0. The first-order chi connectivity index (χ1) is 29.1. The molecule has 10 aliphatic rings. The average molecular weight is 881 g/mol. The molecule has 0 N–H and O–H groups in total. The summed E-state index contributed by atoms with van der Waals surface area (Å²) >= 11 is 0. The maximum atomic E-state index is 14.8. The molecule has 2 saturated heterocycles. The number of hydrogen-bond donors (Lipinski definition) is 0. The van der Waals surface area contributed by atoms with E-state index in [1.54, 1.807) is 0 Å². The lowest BCUT2D eigenvalue weighted by atomic mass is 9.41. The number of rotatable bonds is 14. The molecule has 360 valence electrons. The molecule has 0 aromatic heterocycles. The van der Waals surface area contributed by atoms with Crippen LogP contribution in [-0.4, -0.2) is 60.1 Å². The van der Waals surface area contributed by atoms with Crippen molar-refractivity contribution in [2.45, 2.75) is 247 Å². The third-order valence-electron chi connectivity index (χ3n) is 19.2. The quantitative estimate of drug-likeness (QED) is 0.159. The van der Waals surface area contributed by atoms with Gasteiger partial charge in [-0.05, 0) is 176 Å². The molecule has 0 amide bonds. The maximum absolute atomic E-state index is 14.8. The van der Waals surface area contributed by atoms with E-state index in [1.807, 2.05) is 0 Å². The number of hydrogen-bond acceptors (Lipinski definition) is 8. The topological polar surface area (TPSA) is 89.5 Å². The number of esters is 2. The van der Waals surface area contributed by atoms with Gasteiger partial charge in [0.2, 0.25) is 0 Å². The lowest BCUT2D eigenvalue weighted by Crippen LogP contribution is -2.70. The van der Waals surface area contributed by atoms with Gasteiger partial charge in [-0.3, -0.25) is 9.59 Å². The maximum Gasteiger partial charge on any atom is 0.312 e. The van der Waals surface area contributed by atoms with Gasteiger partial charge in [0.1, 0.15) is 11.2 Å². The zero-order valence-electron chi connectivity index (χ0n) is 42.7. The van der Waals surface area contributed by atoms with E-state index in [4.69, 9.17) is 28.4 Å². The molecular weight excluding hydrogens is 789 g/mol. The van der Waals surface area contributed by atoms with Gasteiger partial charge in [-0.25, -0.2) is 0 Å². The minimum absolute atomic E-state index is 0.0142. The summed E-state index contributed by atoms with van der Waals surface area (Å²) in [5.74, 6) is 3.26. The molecule has 8 bridgehead atoms. The number of carbonyl (C=O) groups is 2. The Morgan fingerprint density at radius 3 is 1.70 bits per heavy atom. The van der Waals surface area contributed by atoms with Gasteiger partial charge in [-0.15, -0.1) is 0 Å². The summed E-state index contributed by atoms with van der Waals surface area (Å²) in [7, 11) is 0. The van der Waals surface area contributed by atoms with Crippen LogP contribution in [-0.2, 0) is 38.0 Å². The van der Waals surface area contributed by atoms with Crippen molar-refractivity contribution in [2.24, 2.45) is 74.4 Å². The summed E-state index contributed by atoms with van der Waals surface area (Å²) in [6.07, 6.45) is 17.3. The van der Waals surface area contributed by atoms with Crippen LogP contribution in [0.1, 0.15) is 213 Å². The molecule has 2 heterocycles. The third kappa shape index (κ3) is 9.24. The van der Waals surface area contributed by atoms with Gasteiger partial charge >= 0.3 is 11.9 Å².